The number of nitrogens with one attached hydrogen (secondary N) is 1. The van der Waals surface area contributed by atoms with Gasteiger partial charge in [-0.15, -0.1) is 0 Å². The summed E-state index contributed by atoms with van der Waals surface area (Å²) < 4.78 is 5.50. The molecule has 0 spiro atoms. The molecule has 1 N–H and O–H groups in total. The van der Waals surface area contributed by atoms with Gasteiger partial charge in [-0.2, -0.15) is 0 Å². The molecule has 3 nitrogen and oxygen atoms in total. The molecule has 0 saturated heterocycles. The van der Waals surface area contributed by atoms with Gasteiger partial charge in [-0.3, -0.25) is 4.79 Å². The van der Waals surface area contributed by atoms with Crippen molar-refractivity contribution in [2.45, 2.75) is 26.2 Å². The molecule has 0 radical (unpaired) electrons. The largest absolute Gasteiger partial charge is 0.484 e. The van der Waals surface area contributed by atoms with Gasteiger partial charge in [-0.05, 0) is 42.2 Å². The number of hydrogen-bond donors (Lipinski definition) is 1. The Balaban J connectivity index is 1.84. The molecule has 1 amide bonds. The predicted octanol–water partition coefficient (Wildman–Crippen LogP) is 4.22. The summed E-state index contributed by atoms with van der Waals surface area (Å²) in [6, 6.07) is 17.3. The normalized spacial score (nSPS) is 11.7. The Morgan fingerprint density at radius 1 is 1.10 bits per heavy atom. The van der Waals surface area contributed by atoms with Crippen molar-refractivity contribution in [2.24, 2.45) is 0 Å². The van der Waals surface area contributed by atoms with Crippen LogP contribution in [0, 0.1) is 0 Å². The number of hydrogen-bond acceptors (Lipinski definition) is 2. The van der Waals surface area contributed by atoms with Crippen molar-refractivity contribution in [1.29, 1.82) is 0 Å². The fourth-order valence-corrected chi connectivity index (χ4v) is 2.00. The van der Waals surface area contributed by atoms with E-state index in [0.717, 1.165) is 12.1 Å². The van der Waals surface area contributed by atoms with E-state index in [1.807, 2.05) is 42.5 Å². The lowest BCUT2D eigenvalue weighted by Crippen LogP contribution is -2.20. The van der Waals surface area contributed by atoms with Crippen molar-refractivity contribution in [3.8, 4) is 5.75 Å². The second-order valence-corrected chi connectivity index (χ2v) is 5.08. The molecule has 0 unspecified atom stereocenters. The van der Waals surface area contributed by atoms with Crippen LogP contribution >= 0.6 is 0 Å². The molecule has 0 saturated carbocycles. The highest BCUT2D eigenvalue weighted by molar-refractivity contribution is 5.91. The Hall–Kier alpha value is -2.29. The summed E-state index contributed by atoms with van der Waals surface area (Å²) in [5.74, 6) is 1.10. The van der Waals surface area contributed by atoms with Gasteiger partial charge in [-0.1, -0.05) is 44.2 Å². The quantitative estimate of drug-likeness (QED) is 0.862. The molecule has 0 aliphatic carbocycles. The number of amides is 1. The lowest BCUT2D eigenvalue weighted by molar-refractivity contribution is -0.118. The van der Waals surface area contributed by atoms with Crippen LogP contribution in [0.15, 0.2) is 54.6 Å². The van der Waals surface area contributed by atoms with E-state index < -0.39 is 0 Å². The van der Waals surface area contributed by atoms with Crippen LogP contribution in [-0.4, -0.2) is 12.5 Å². The predicted molar refractivity (Wildman–Crippen MR) is 85.7 cm³/mol. The minimum absolute atomic E-state index is 0.0115. The number of para-hydroxylation sites is 1. The molecule has 2 aromatic carbocycles. The molecule has 3 heteroatoms. The second kappa shape index (κ2) is 7.48. The van der Waals surface area contributed by atoms with Gasteiger partial charge >= 0.3 is 0 Å². The Kier molecular flexibility index (Phi) is 5.38. The monoisotopic (exact) mass is 283 g/mol. The number of carbonyl (C=O) groups excluding carboxylic acids is 1. The van der Waals surface area contributed by atoms with Crippen LogP contribution in [0.25, 0.3) is 0 Å². The first-order valence-corrected chi connectivity index (χ1v) is 7.26. The van der Waals surface area contributed by atoms with Crippen molar-refractivity contribution in [3.05, 3.63) is 60.2 Å². The van der Waals surface area contributed by atoms with Crippen molar-refractivity contribution >= 4 is 11.6 Å². The number of benzene rings is 2. The number of anilines is 1. The summed E-state index contributed by atoms with van der Waals surface area (Å²) in [5.41, 5.74) is 2.07. The van der Waals surface area contributed by atoms with E-state index in [1.165, 1.54) is 5.56 Å². The molecule has 0 aliphatic rings. The van der Waals surface area contributed by atoms with Crippen LogP contribution in [0.4, 0.5) is 5.69 Å². The Labute approximate surface area is 126 Å². The van der Waals surface area contributed by atoms with Crippen LogP contribution in [0.3, 0.4) is 0 Å². The maximum Gasteiger partial charge on any atom is 0.262 e. The third kappa shape index (κ3) is 4.63. The van der Waals surface area contributed by atoms with Crippen molar-refractivity contribution in [2.75, 3.05) is 11.9 Å². The van der Waals surface area contributed by atoms with Gasteiger partial charge in [0.15, 0.2) is 6.61 Å². The highest BCUT2D eigenvalue weighted by Gasteiger charge is 2.05. The molecule has 1 atom stereocenters. The van der Waals surface area contributed by atoms with Gasteiger partial charge in [0.2, 0.25) is 0 Å². The summed E-state index contributed by atoms with van der Waals surface area (Å²) in [6.07, 6.45) is 1.11. The summed E-state index contributed by atoms with van der Waals surface area (Å²) in [5, 5.41) is 2.79. The number of carbonyl (C=O) groups is 1. The van der Waals surface area contributed by atoms with E-state index in [2.05, 4.69) is 31.3 Å². The Bertz CT molecular complexity index is 564. The fraction of sp³-hybridized carbons (Fsp3) is 0.278. The van der Waals surface area contributed by atoms with Crippen LogP contribution in [0.1, 0.15) is 31.7 Å². The minimum Gasteiger partial charge on any atom is -0.484 e. The highest BCUT2D eigenvalue weighted by Crippen LogP contribution is 2.21. The maximum atomic E-state index is 11.8. The van der Waals surface area contributed by atoms with E-state index in [-0.39, 0.29) is 12.5 Å². The van der Waals surface area contributed by atoms with Crippen LogP contribution in [-0.2, 0) is 4.79 Å². The summed E-state index contributed by atoms with van der Waals surface area (Å²) in [7, 11) is 0. The molecule has 2 rings (SSSR count). The highest BCUT2D eigenvalue weighted by atomic mass is 16.5. The Morgan fingerprint density at radius 2 is 1.76 bits per heavy atom. The summed E-state index contributed by atoms with van der Waals surface area (Å²) in [4.78, 5) is 11.8. The zero-order chi connectivity index (χ0) is 15.1. The standard InChI is InChI=1S/C18H21NO2/c1-3-14(2)15-9-11-17(12-10-15)21-13-18(20)19-16-7-5-4-6-8-16/h4-12,14H,3,13H2,1-2H3,(H,19,20)/t14-/m1/s1. The summed E-state index contributed by atoms with van der Waals surface area (Å²) >= 11 is 0. The van der Waals surface area contributed by atoms with Gasteiger partial charge in [0.05, 0.1) is 0 Å². The van der Waals surface area contributed by atoms with Gasteiger partial charge in [-0.25, -0.2) is 0 Å². The zero-order valence-electron chi connectivity index (χ0n) is 12.5. The van der Waals surface area contributed by atoms with Crippen molar-refractivity contribution in [1.82, 2.24) is 0 Å². The third-order valence-corrected chi connectivity index (χ3v) is 3.49. The van der Waals surface area contributed by atoms with Crippen LogP contribution < -0.4 is 10.1 Å². The van der Waals surface area contributed by atoms with E-state index in [9.17, 15) is 4.79 Å². The lowest BCUT2D eigenvalue weighted by Gasteiger charge is -2.11. The molecule has 2 aromatic rings. The fourth-order valence-electron chi connectivity index (χ4n) is 2.00. The van der Waals surface area contributed by atoms with E-state index in [4.69, 9.17) is 4.74 Å². The van der Waals surface area contributed by atoms with Gasteiger partial charge in [0.1, 0.15) is 5.75 Å². The summed E-state index contributed by atoms with van der Waals surface area (Å²) in [6.45, 7) is 4.38. The lowest BCUT2D eigenvalue weighted by atomic mass is 9.99. The first-order chi connectivity index (χ1) is 10.2. The SMILES string of the molecule is CC[C@@H](C)c1ccc(OCC(=O)Nc2ccccc2)cc1. The van der Waals surface area contributed by atoms with Gasteiger partial charge in [0.25, 0.3) is 5.91 Å². The zero-order valence-corrected chi connectivity index (χ0v) is 12.5. The van der Waals surface area contributed by atoms with Crippen LogP contribution in [0.5, 0.6) is 5.75 Å². The van der Waals surface area contributed by atoms with Gasteiger partial charge < -0.3 is 10.1 Å². The molecule has 0 aromatic heterocycles. The third-order valence-electron chi connectivity index (χ3n) is 3.49. The van der Waals surface area contributed by atoms with E-state index in [0.29, 0.717) is 11.7 Å². The topological polar surface area (TPSA) is 38.3 Å². The second-order valence-electron chi connectivity index (χ2n) is 5.08. The molecule has 0 aliphatic heterocycles. The molecule has 110 valence electrons. The first-order valence-electron chi connectivity index (χ1n) is 7.26. The van der Waals surface area contributed by atoms with E-state index >= 15 is 0 Å². The van der Waals surface area contributed by atoms with Crippen molar-refractivity contribution < 1.29 is 9.53 Å². The maximum absolute atomic E-state index is 11.8. The average molecular weight is 283 g/mol. The van der Waals surface area contributed by atoms with E-state index in [1.54, 1.807) is 0 Å². The smallest absolute Gasteiger partial charge is 0.262 e. The molecule has 21 heavy (non-hydrogen) atoms. The minimum atomic E-state index is -0.160. The first kappa shape index (κ1) is 15.1. The molecule has 0 heterocycles. The molecular weight excluding hydrogens is 262 g/mol. The van der Waals surface area contributed by atoms with Crippen LogP contribution in [0.2, 0.25) is 0 Å². The molecule has 0 bridgehead atoms. The van der Waals surface area contributed by atoms with Crippen molar-refractivity contribution in [3.63, 3.8) is 0 Å². The molecule has 0 fully saturated rings. The number of rotatable bonds is 6. The molecular formula is C18H21NO2. The average Bonchev–Trinajstić information content (AvgIpc) is 2.53. The Morgan fingerprint density at radius 3 is 2.38 bits per heavy atom. The number of ether oxygens (including phenoxy) is 1. The van der Waals surface area contributed by atoms with Gasteiger partial charge in [0, 0.05) is 5.69 Å².